The molecule has 9 atom stereocenters. The average Bonchev–Trinajstić information content (AvgIpc) is 2.96. The molecule has 0 aliphatic heterocycles. The minimum absolute atomic E-state index is 0.0202. The summed E-state index contributed by atoms with van der Waals surface area (Å²) >= 11 is 1.43. The van der Waals surface area contributed by atoms with Crippen molar-refractivity contribution in [3.63, 3.8) is 0 Å². The molecule has 0 aromatic rings. The van der Waals surface area contributed by atoms with Crippen molar-refractivity contribution in [3.05, 3.63) is 57.3 Å². The summed E-state index contributed by atoms with van der Waals surface area (Å²) in [4.78, 5) is 56.5. The molecule has 5 N–H and O–H groups in total. The van der Waals surface area contributed by atoms with Gasteiger partial charge in [-0.1, -0.05) is 31.6 Å². The molecule has 6 rings (SSSR count). The summed E-state index contributed by atoms with van der Waals surface area (Å²) in [5.74, 6) is -6.41. The Labute approximate surface area is 281 Å². The molecule has 1 amide bonds. The maximum absolute atomic E-state index is 14.2. The van der Waals surface area contributed by atoms with Gasteiger partial charge in [-0.15, -0.1) is 0 Å². The summed E-state index contributed by atoms with van der Waals surface area (Å²) in [7, 11) is 3.21. The van der Waals surface area contributed by atoms with Gasteiger partial charge >= 0.3 is 5.97 Å². The van der Waals surface area contributed by atoms with Gasteiger partial charge in [0.15, 0.2) is 5.78 Å². The third kappa shape index (κ3) is 4.88. The first-order chi connectivity index (χ1) is 21.7. The van der Waals surface area contributed by atoms with Crippen LogP contribution in [0.1, 0.15) is 58.8 Å². The number of carbonyl (C=O) groups excluding carboxylic acids is 4. The molecule has 2 bridgehead atoms. The first-order valence-electron chi connectivity index (χ1n) is 16.0. The van der Waals surface area contributed by atoms with Crippen molar-refractivity contribution in [3.8, 4) is 0 Å². The van der Waals surface area contributed by atoms with Crippen LogP contribution in [0.4, 0.5) is 0 Å². The first kappa shape index (κ1) is 33.0. The second kappa shape index (κ2) is 11.9. The number of likely N-dealkylation sites (N-methyl/N-ethyl adjacent to an activating group) is 1. The topological polar surface area (TPSA) is 177 Å². The SMILES string of the molecule is CC1CC2C=C(CC(=O)O[C@H]3[C@H]4C(=C(O)[C@]5(OI)C(=O)C(C(N)=O)=C(O)[C@@H](N(C)C)[C@H]35)C(=O)C3=C(O)CCC=C3[C@@H]4C)CC(C1)C2. The molecule has 3 unspecified atom stereocenters. The van der Waals surface area contributed by atoms with Crippen molar-refractivity contribution < 1.29 is 42.3 Å². The number of allylic oxidation sites excluding steroid dienone is 5. The molecule has 11 nitrogen and oxygen atoms in total. The first-order valence-corrected chi connectivity index (χ1v) is 16.8. The fourth-order valence-corrected chi connectivity index (χ4v) is 10.1. The molecule has 0 radical (unpaired) electrons. The van der Waals surface area contributed by atoms with Crippen molar-refractivity contribution >= 4 is 46.4 Å². The number of fused-ring (bicyclic) bond motifs is 5. The van der Waals surface area contributed by atoms with Crippen LogP contribution >= 0.6 is 23.0 Å². The molecule has 248 valence electrons. The number of halogens is 1. The number of carbonyl (C=O) groups is 4. The van der Waals surface area contributed by atoms with E-state index < -0.39 is 76.0 Å². The quantitative estimate of drug-likeness (QED) is 0.132. The Morgan fingerprint density at radius 2 is 1.85 bits per heavy atom. The van der Waals surface area contributed by atoms with Crippen LogP contribution in [0.3, 0.4) is 0 Å². The van der Waals surface area contributed by atoms with Gasteiger partial charge in [0.1, 0.15) is 52.0 Å². The number of hydrogen-bond acceptors (Lipinski definition) is 10. The van der Waals surface area contributed by atoms with Gasteiger partial charge in [-0.2, -0.15) is 0 Å². The Balaban J connectivity index is 1.52. The number of rotatable bonds is 6. The monoisotopic (exact) mass is 748 g/mol. The number of nitrogens with two attached hydrogens (primary N) is 1. The summed E-state index contributed by atoms with van der Waals surface area (Å²) in [5, 5.41) is 34.3. The molecule has 0 spiro atoms. The minimum Gasteiger partial charge on any atom is -0.512 e. The van der Waals surface area contributed by atoms with E-state index in [1.807, 2.05) is 13.0 Å². The fraction of sp³-hybridized carbons (Fsp3) is 0.588. The smallest absolute Gasteiger partial charge is 0.310 e. The third-order valence-electron chi connectivity index (χ3n) is 11.0. The van der Waals surface area contributed by atoms with E-state index in [0.717, 1.165) is 31.3 Å². The molecule has 46 heavy (non-hydrogen) atoms. The third-order valence-corrected chi connectivity index (χ3v) is 11.7. The van der Waals surface area contributed by atoms with E-state index >= 15 is 0 Å². The molecule has 12 heteroatoms. The molecule has 0 aromatic heterocycles. The zero-order valence-electron chi connectivity index (χ0n) is 26.4. The van der Waals surface area contributed by atoms with E-state index in [-0.39, 0.29) is 29.7 Å². The molecular formula is C34H41IN2O9. The predicted octanol–water partition coefficient (Wildman–Crippen LogP) is 4.40. The zero-order chi connectivity index (χ0) is 33.4. The zero-order valence-corrected chi connectivity index (χ0v) is 28.6. The van der Waals surface area contributed by atoms with Gasteiger partial charge in [0.2, 0.25) is 11.4 Å². The van der Waals surface area contributed by atoms with Gasteiger partial charge in [0.05, 0.1) is 24.0 Å². The number of amides is 1. The highest BCUT2D eigenvalue weighted by atomic mass is 127. The van der Waals surface area contributed by atoms with Crippen molar-refractivity contribution in [2.24, 2.45) is 41.2 Å². The van der Waals surface area contributed by atoms with Crippen LogP contribution in [0.2, 0.25) is 0 Å². The lowest BCUT2D eigenvalue weighted by Crippen LogP contribution is -2.69. The Bertz CT molecular complexity index is 1570. The van der Waals surface area contributed by atoms with E-state index in [9.17, 15) is 34.5 Å². The molecule has 6 aliphatic rings. The van der Waals surface area contributed by atoms with Gasteiger partial charge in [0, 0.05) is 17.9 Å². The number of primary amides is 1. The maximum Gasteiger partial charge on any atom is 0.310 e. The fourth-order valence-electron chi connectivity index (χ4n) is 9.43. The molecular weight excluding hydrogens is 707 g/mol. The summed E-state index contributed by atoms with van der Waals surface area (Å²) in [6, 6.07) is -1.18. The van der Waals surface area contributed by atoms with E-state index in [2.05, 4.69) is 13.0 Å². The van der Waals surface area contributed by atoms with Crippen molar-refractivity contribution in [2.75, 3.05) is 14.1 Å². The normalized spacial score (nSPS) is 37.3. The highest BCUT2D eigenvalue weighted by Gasteiger charge is 2.70. The van der Waals surface area contributed by atoms with Crippen LogP contribution in [-0.2, 0) is 27.0 Å². The lowest BCUT2D eigenvalue weighted by molar-refractivity contribution is -0.175. The summed E-state index contributed by atoms with van der Waals surface area (Å²) in [6.45, 7) is 4.07. The standard InChI is InChI=1S/C34H41IN2O9/c1-14-8-16-10-17(9-14)12-18(11-16)13-21(39)45-30-22-15(2)19-6-5-7-20(38)23(19)28(40)24(22)31(42)34(46-35)26(30)27(37(3)4)29(41)25(32(34)43)33(36)44/h6,11,14-17,22,26-27,30,38,41-42H,5,7-10,12-13H2,1-4H3,(H2,36,44)/t14?,15-,16?,17?,22+,26+,27-,30-,34-/m0/s1. The van der Waals surface area contributed by atoms with E-state index in [1.54, 1.807) is 14.1 Å². The van der Waals surface area contributed by atoms with Crippen LogP contribution in [0.25, 0.3) is 0 Å². The van der Waals surface area contributed by atoms with Gasteiger partial charge in [-0.25, -0.2) is 0 Å². The maximum atomic E-state index is 14.2. The molecule has 6 aliphatic carbocycles. The van der Waals surface area contributed by atoms with Gasteiger partial charge in [-0.3, -0.25) is 27.1 Å². The van der Waals surface area contributed by atoms with E-state index in [0.29, 0.717) is 29.7 Å². The predicted molar refractivity (Wildman–Crippen MR) is 174 cm³/mol. The van der Waals surface area contributed by atoms with Crippen LogP contribution in [0.5, 0.6) is 0 Å². The van der Waals surface area contributed by atoms with E-state index in [1.165, 1.54) is 27.9 Å². The average molecular weight is 749 g/mol. The number of Topliss-reactive ketones (excluding diaryl/α,β-unsaturated/α-hetero) is 2. The number of esters is 1. The number of ketones is 2. The van der Waals surface area contributed by atoms with Crippen molar-refractivity contribution in [1.29, 1.82) is 0 Å². The van der Waals surface area contributed by atoms with Crippen molar-refractivity contribution in [2.45, 2.75) is 76.5 Å². The lowest BCUT2D eigenvalue weighted by Gasteiger charge is -2.55. The van der Waals surface area contributed by atoms with Gasteiger partial charge in [-0.05, 0) is 75.4 Å². The Kier molecular flexibility index (Phi) is 8.54. The lowest BCUT2D eigenvalue weighted by atomic mass is 9.54. The van der Waals surface area contributed by atoms with Crippen LogP contribution in [0.15, 0.2) is 57.3 Å². The van der Waals surface area contributed by atoms with Crippen LogP contribution in [-0.4, -0.2) is 75.5 Å². The van der Waals surface area contributed by atoms with Gasteiger partial charge < -0.3 is 25.8 Å². The second-order valence-electron chi connectivity index (χ2n) is 14.2. The highest BCUT2D eigenvalue weighted by molar-refractivity contribution is 14.1. The molecule has 2 saturated carbocycles. The van der Waals surface area contributed by atoms with E-state index in [4.69, 9.17) is 13.5 Å². The molecule has 0 aromatic carbocycles. The highest BCUT2D eigenvalue weighted by Crippen LogP contribution is 2.58. The molecule has 2 fully saturated rings. The van der Waals surface area contributed by atoms with Gasteiger partial charge in [0.25, 0.3) is 5.91 Å². The molecule has 0 heterocycles. The molecule has 0 saturated heterocycles. The van der Waals surface area contributed by atoms with Crippen LogP contribution in [0, 0.1) is 35.5 Å². The number of nitrogens with zero attached hydrogens (tertiary/aromatic N) is 1. The van der Waals surface area contributed by atoms with Crippen LogP contribution < -0.4 is 5.73 Å². The summed E-state index contributed by atoms with van der Waals surface area (Å²) in [5.41, 5.74) is 3.77. The number of aliphatic hydroxyl groups excluding tert-OH is 3. The van der Waals surface area contributed by atoms with Crippen molar-refractivity contribution in [1.82, 2.24) is 4.90 Å². The number of ether oxygens (including phenoxy) is 1. The summed E-state index contributed by atoms with van der Waals surface area (Å²) < 4.78 is 12.2. The Morgan fingerprint density at radius 1 is 1.13 bits per heavy atom. The number of hydrogen-bond donors (Lipinski definition) is 4. The Morgan fingerprint density at radius 3 is 2.48 bits per heavy atom. The second-order valence-corrected chi connectivity index (χ2v) is 14.7. The number of aliphatic hydroxyl groups is 3. The summed E-state index contributed by atoms with van der Waals surface area (Å²) in [6.07, 6.45) is 7.60. The minimum atomic E-state index is -2.42. The largest absolute Gasteiger partial charge is 0.512 e. The Hall–Kier alpha value is -2.97.